The van der Waals surface area contributed by atoms with Crippen molar-refractivity contribution in [1.82, 2.24) is 9.88 Å². The third-order valence-corrected chi connectivity index (χ3v) is 6.53. The lowest BCUT2D eigenvalue weighted by Crippen LogP contribution is -2.44. The largest absolute Gasteiger partial charge is 0.494 e. The summed E-state index contributed by atoms with van der Waals surface area (Å²) < 4.78 is 0. The standard InChI is InChI=1S/C29H29N5O2/c1-33-14-16-34(17-15-33)24-11-9-23(10-12-24)31-19-27-26-18-21(3-2-20-4-7-22(30)8-5-20)6-13-25(26)28(35)32-29(27)36/h2-13,18-19H,14-17,30H2,1H3,(H2,32,35,36). The Morgan fingerprint density at radius 1 is 0.889 bits per heavy atom. The van der Waals surface area contributed by atoms with E-state index in [1.807, 2.05) is 60.7 Å². The number of aromatic nitrogens is 1. The maximum atomic E-state index is 12.5. The average molecular weight is 480 g/mol. The second-order valence-corrected chi connectivity index (χ2v) is 9.09. The van der Waals surface area contributed by atoms with Crippen LogP contribution in [-0.2, 0) is 0 Å². The zero-order chi connectivity index (χ0) is 25.1. The molecule has 4 aromatic rings. The van der Waals surface area contributed by atoms with Crippen LogP contribution in [0.5, 0.6) is 5.88 Å². The van der Waals surface area contributed by atoms with Crippen LogP contribution in [0.4, 0.5) is 17.1 Å². The normalized spacial score (nSPS) is 14.9. The van der Waals surface area contributed by atoms with Gasteiger partial charge in [-0.25, -0.2) is 0 Å². The van der Waals surface area contributed by atoms with Crippen molar-refractivity contribution in [3.63, 3.8) is 0 Å². The molecule has 2 heterocycles. The number of aromatic hydroxyl groups is 1. The van der Waals surface area contributed by atoms with Gasteiger partial charge in [0.15, 0.2) is 0 Å². The van der Waals surface area contributed by atoms with E-state index in [4.69, 9.17) is 5.73 Å². The van der Waals surface area contributed by atoms with Crippen LogP contribution in [0, 0.1) is 0 Å². The number of rotatable bonds is 5. The fourth-order valence-corrected chi connectivity index (χ4v) is 4.34. The summed E-state index contributed by atoms with van der Waals surface area (Å²) in [6, 6.07) is 21.2. The first kappa shape index (κ1) is 23.4. The Morgan fingerprint density at radius 2 is 1.56 bits per heavy atom. The summed E-state index contributed by atoms with van der Waals surface area (Å²) in [5.74, 6) is -0.204. The number of H-pyrrole nitrogens is 1. The fourth-order valence-electron chi connectivity index (χ4n) is 4.34. The van der Waals surface area contributed by atoms with Crippen LogP contribution in [0.15, 0.2) is 76.5 Å². The van der Waals surface area contributed by atoms with Crippen molar-refractivity contribution < 1.29 is 5.11 Å². The quantitative estimate of drug-likeness (QED) is 0.223. The number of piperazine rings is 1. The number of aliphatic imine (C=N–C) groups is 1. The lowest BCUT2D eigenvalue weighted by Gasteiger charge is -2.34. The molecule has 7 heteroatoms. The molecular weight excluding hydrogens is 450 g/mol. The van der Waals surface area contributed by atoms with Crippen LogP contribution in [0.25, 0.3) is 22.9 Å². The summed E-state index contributed by atoms with van der Waals surface area (Å²) in [5.41, 5.74) is 10.5. The maximum Gasteiger partial charge on any atom is 0.258 e. The molecule has 7 nitrogen and oxygen atoms in total. The van der Waals surface area contributed by atoms with Crippen molar-refractivity contribution in [3.05, 3.63) is 93.8 Å². The summed E-state index contributed by atoms with van der Waals surface area (Å²) >= 11 is 0. The molecule has 5 rings (SSSR count). The van der Waals surface area contributed by atoms with Crippen molar-refractivity contribution in [2.75, 3.05) is 43.9 Å². The van der Waals surface area contributed by atoms with E-state index in [1.165, 1.54) is 5.69 Å². The minimum Gasteiger partial charge on any atom is -0.494 e. The van der Waals surface area contributed by atoms with Gasteiger partial charge < -0.3 is 20.6 Å². The predicted molar refractivity (Wildman–Crippen MR) is 149 cm³/mol. The van der Waals surface area contributed by atoms with E-state index < -0.39 is 0 Å². The Hall–Kier alpha value is -4.36. The number of hydrogen-bond donors (Lipinski definition) is 3. The molecule has 1 aliphatic heterocycles. The minimum absolute atomic E-state index is 0.204. The molecule has 4 N–H and O–H groups in total. The summed E-state index contributed by atoms with van der Waals surface area (Å²) in [6.45, 7) is 4.11. The molecule has 1 aliphatic rings. The lowest BCUT2D eigenvalue weighted by molar-refractivity contribution is 0.313. The van der Waals surface area contributed by atoms with Gasteiger partial charge in [-0.2, -0.15) is 0 Å². The number of hydrogen-bond acceptors (Lipinski definition) is 6. The van der Waals surface area contributed by atoms with Gasteiger partial charge >= 0.3 is 0 Å². The number of nitrogens with one attached hydrogen (secondary N) is 1. The number of nitrogens with zero attached hydrogens (tertiary/aromatic N) is 3. The van der Waals surface area contributed by atoms with Crippen LogP contribution in [0.3, 0.4) is 0 Å². The van der Waals surface area contributed by atoms with Crippen molar-refractivity contribution in [1.29, 1.82) is 0 Å². The molecule has 1 saturated heterocycles. The first-order valence-electron chi connectivity index (χ1n) is 12.0. The van der Waals surface area contributed by atoms with Crippen molar-refractivity contribution in [3.8, 4) is 5.88 Å². The highest BCUT2D eigenvalue weighted by Gasteiger charge is 2.14. The summed E-state index contributed by atoms with van der Waals surface area (Å²) in [4.78, 5) is 24.3. The van der Waals surface area contributed by atoms with Gasteiger partial charge in [-0.15, -0.1) is 0 Å². The van der Waals surface area contributed by atoms with E-state index in [2.05, 4.69) is 39.0 Å². The molecule has 36 heavy (non-hydrogen) atoms. The molecule has 0 saturated carbocycles. The van der Waals surface area contributed by atoms with Crippen molar-refractivity contribution in [2.24, 2.45) is 4.99 Å². The van der Waals surface area contributed by atoms with Crippen LogP contribution in [-0.4, -0.2) is 54.4 Å². The SMILES string of the molecule is CN1CCN(c2ccc(N=Cc3c(O)[nH]c(=O)c4ccc(C=Cc5ccc(N)cc5)cc34)cc2)CC1. The number of anilines is 2. The number of benzene rings is 3. The molecule has 1 aromatic heterocycles. The monoisotopic (exact) mass is 479 g/mol. The molecule has 1 fully saturated rings. The molecule has 0 spiro atoms. The number of fused-ring (bicyclic) bond motifs is 1. The fraction of sp³-hybridized carbons (Fsp3) is 0.172. The molecule has 0 unspecified atom stereocenters. The molecule has 0 bridgehead atoms. The van der Waals surface area contributed by atoms with E-state index in [9.17, 15) is 9.90 Å². The summed E-state index contributed by atoms with van der Waals surface area (Å²) in [5, 5.41) is 11.7. The molecule has 0 amide bonds. The zero-order valence-corrected chi connectivity index (χ0v) is 20.2. The average Bonchev–Trinajstić information content (AvgIpc) is 2.89. The van der Waals surface area contributed by atoms with E-state index in [-0.39, 0.29) is 11.4 Å². The van der Waals surface area contributed by atoms with E-state index >= 15 is 0 Å². The molecule has 3 aromatic carbocycles. The molecule has 0 atom stereocenters. The van der Waals surface area contributed by atoms with Crippen molar-refractivity contribution in [2.45, 2.75) is 0 Å². The molecule has 0 aliphatic carbocycles. The van der Waals surface area contributed by atoms with E-state index in [1.54, 1.807) is 12.3 Å². The van der Waals surface area contributed by atoms with Gasteiger partial charge in [0.25, 0.3) is 5.56 Å². The highest BCUT2D eigenvalue weighted by Crippen LogP contribution is 2.25. The highest BCUT2D eigenvalue weighted by atomic mass is 16.3. The maximum absolute atomic E-state index is 12.5. The third-order valence-electron chi connectivity index (χ3n) is 6.53. The van der Waals surface area contributed by atoms with Gasteiger partial charge in [-0.3, -0.25) is 14.8 Å². The van der Waals surface area contributed by atoms with Gasteiger partial charge in [-0.1, -0.05) is 30.4 Å². The van der Waals surface area contributed by atoms with Crippen LogP contribution in [0.1, 0.15) is 16.7 Å². The number of pyridine rings is 1. The predicted octanol–water partition coefficient (Wildman–Crippen LogP) is 4.49. The second kappa shape index (κ2) is 10.1. The molecule has 182 valence electrons. The van der Waals surface area contributed by atoms with Gasteiger partial charge in [0, 0.05) is 54.5 Å². The first-order chi connectivity index (χ1) is 17.5. The second-order valence-electron chi connectivity index (χ2n) is 9.09. The Labute approximate surface area is 209 Å². The van der Waals surface area contributed by atoms with Gasteiger partial charge in [0.1, 0.15) is 0 Å². The zero-order valence-electron chi connectivity index (χ0n) is 20.2. The van der Waals surface area contributed by atoms with E-state index in [0.717, 1.165) is 43.0 Å². The number of nitrogens with two attached hydrogens (primary N) is 1. The Kier molecular flexibility index (Phi) is 6.56. The highest BCUT2D eigenvalue weighted by molar-refractivity contribution is 6.02. The topological polar surface area (TPSA) is 98.0 Å². The smallest absolute Gasteiger partial charge is 0.258 e. The van der Waals surface area contributed by atoms with Gasteiger partial charge in [0.05, 0.1) is 11.3 Å². The molecule has 0 radical (unpaired) electrons. The van der Waals surface area contributed by atoms with Gasteiger partial charge in [0.2, 0.25) is 5.88 Å². The summed E-state index contributed by atoms with van der Waals surface area (Å²) in [6.07, 6.45) is 5.54. The van der Waals surface area contributed by atoms with Crippen LogP contribution in [0.2, 0.25) is 0 Å². The third kappa shape index (κ3) is 5.16. The Balaban J connectivity index is 1.42. The number of nitrogen functional groups attached to an aromatic ring is 1. The minimum atomic E-state index is -0.342. The van der Waals surface area contributed by atoms with Crippen LogP contribution >= 0.6 is 0 Å². The Morgan fingerprint density at radius 3 is 2.28 bits per heavy atom. The van der Waals surface area contributed by atoms with Crippen LogP contribution < -0.4 is 16.2 Å². The van der Waals surface area contributed by atoms with Crippen molar-refractivity contribution >= 4 is 46.2 Å². The number of likely N-dealkylation sites (N-methyl/N-ethyl adjacent to an activating group) is 1. The Bertz CT molecular complexity index is 1480. The van der Waals surface area contributed by atoms with E-state index in [0.29, 0.717) is 22.0 Å². The number of aromatic amines is 1. The first-order valence-corrected chi connectivity index (χ1v) is 12.0. The molecular formula is C29H29N5O2. The van der Waals surface area contributed by atoms with Gasteiger partial charge in [-0.05, 0) is 66.7 Å². The lowest BCUT2D eigenvalue weighted by atomic mass is 10.0. The summed E-state index contributed by atoms with van der Waals surface area (Å²) in [7, 11) is 2.14.